The molecule has 1 N–H and O–H groups in total. The first-order chi connectivity index (χ1) is 10.2. The van der Waals surface area contributed by atoms with Crippen molar-refractivity contribution in [3.63, 3.8) is 0 Å². The fourth-order valence-corrected chi connectivity index (χ4v) is 2.51. The Bertz CT molecular complexity index is 439. The average Bonchev–Trinajstić information content (AvgIpc) is 2.52. The van der Waals surface area contributed by atoms with Gasteiger partial charge >= 0.3 is 0 Å². The van der Waals surface area contributed by atoms with Crippen LogP contribution in [-0.4, -0.2) is 50.1 Å². The highest BCUT2D eigenvalue weighted by Gasteiger charge is 2.19. The van der Waals surface area contributed by atoms with Crippen molar-refractivity contribution in [2.45, 2.75) is 20.8 Å². The maximum absolute atomic E-state index is 4.75. The standard InChI is InChI=1S/C17H28N4.HI/c1-4-18-17(19-14-15(2)3)21-12-10-20(11-13-21)16-8-6-5-7-9-16;/h5-9,15H,4,10-14H2,1-3H3,(H,18,19);1H. The summed E-state index contributed by atoms with van der Waals surface area (Å²) >= 11 is 0. The number of guanidine groups is 1. The van der Waals surface area contributed by atoms with Crippen LogP contribution in [0.4, 0.5) is 5.69 Å². The second-order valence-corrected chi connectivity index (χ2v) is 5.90. The van der Waals surface area contributed by atoms with E-state index < -0.39 is 0 Å². The maximum atomic E-state index is 4.75. The van der Waals surface area contributed by atoms with Crippen molar-refractivity contribution in [3.8, 4) is 0 Å². The van der Waals surface area contributed by atoms with Crippen LogP contribution in [0, 0.1) is 5.92 Å². The summed E-state index contributed by atoms with van der Waals surface area (Å²) in [5.41, 5.74) is 1.32. The van der Waals surface area contributed by atoms with Gasteiger partial charge in [-0.3, -0.25) is 4.99 Å². The zero-order valence-electron chi connectivity index (χ0n) is 14.0. The van der Waals surface area contributed by atoms with Gasteiger partial charge in [-0.2, -0.15) is 0 Å². The van der Waals surface area contributed by atoms with Crippen molar-refractivity contribution in [3.05, 3.63) is 30.3 Å². The van der Waals surface area contributed by atoms with Crippen LogP contribution in [-0.2, 0) is 0 Å². The molecule has 2 rings (SSSR count). The Kier molecular flexibility index (Phi) is 8.60. The average molecular weight is 416 g/mol. The van der Waals surface area contributed by atoms with E-state index >= 15 is 0 Å². The summed E-state index contributed by atoms with van der Waals surface area (Å²) in [6, 6.07) is 10.7. The molecule has 1 aromatic rings. The molecule has 22 heavy (non-hydrogen) atoms. The number of nitrogens with zero attached hydrogens (tertiary/aromatic N) is 3. The lowest BCUT2D eigenvalue weighted by Gasteiger charge is -2.37. The van der Waals surface area contributed by atoms with E-state index in [2.05, 4.69) is 66.2 Å². The number of para-hydroxylation sites is 1. The first kappa shape index (κ1) is 19.1. The molecule has 0 aliphatic carbocycles. The minimum Gasteiger partial charge on any atom is -0.368 e. The summed E-state index contributed by atoms with van der Waals surface area (Å²) in [6.07, 6.45) is 0. The summed E-state index contributed by atoms with van der Waals surface area (Å²) in [4.78, 5) is 9.57. The van der Waals surface area contributed by atoms with Crippen LogP contribution in [0.3, 0.4) is 0 Å². The summed E-state index contributed by atoms with van der Waals surface area (Å²) in [7, 11) is 0. The largest absolute Gasteiger partial charge is 0.368 e. The van der Waals surface area contributed by atoms with Gasteiger partial charge in [-0.1, -0.05) is 32.0 Å². The zero-order valence-corrected chi connectivity index (χ0v) is 16.3. The molecule has 124 valence electrons. The molecular formula is C17H29IN4. The van der Waals surface area contributed by atoms with Gasteiger partial charge in [0.05, 0.1) is 0 Å². The number of anilines is 1. The Morgan fingerprint density at radius 3 is 2.32 bits per heavy atom. The Hall–Kier alpha value is -0.980. The molecule has 1 aliphatic heterocycles. The quantitative estimate of drug-likeness (QED) is 0.465. The topological polar surface area (TPSA) is 30.9 Å². The Morgan fingerprint density at radius 1 is 1.14 bits per heavy atom. The van der Waals surface area contributed by atoms with Gasteiger partial charge in [0.2, 0.25) is 0 Å². The number of nitrogens with one attached hydrogen (secondary N) is 1. The van der Waals surface area contributed by atoms with Crippen LogP contribution in [0.5, 0.6) is 0 Å². The van der Waals surface area contributed by atoms with Crippen LogP contribution in [0.25, 0.3) is 0 Å². The molecule has 1 heterocycles. The smallest absolute Gasteiger partial charge is 0.194 e. The van der Waals surface area contributed by atoms with Gasteiger partial charge in [0.15, 0.2) is 5.96 Å². The van der Waals surface area contributed by atoms with Gasteiger partial charge in [0.25, 0.3) is 0 Å². The van der Waals surface area contributed by atoms with E-state index in [0.717, 1.165) is 45.2 Å². The van der Waals surface area contributed by atoms with Crippen LogP contribution in [0.2, 0.25) is 0 Å². The number of halogens is 1. The van der Waals surface area contributed by atoms with Gasteiger partial charge in [0.1, 0.15) is 0 Å². The van der Waals surface area contributed by atoms with E-state index in [9.17, 15) is 0 Å². The van der Waals surface area contributed by atoms with Gasteiger partial charge in [-0.15, -0.1) is 24.0 Å². The molecule has 1 aromatic carbocycles. The molecular weight excluding hydrogens is 387 g/mol. The van der Waals surface area contributed by atoms with Gasteiger partial charge in [-0.25, -0.2) is 0 Å². The third kappa shape index (κ3) is 5.66. The van der Waals surface area contributed by atoms with E-state index in [4.69, 9.17) is 4.99 Å². The van der Waals surface area contributed by atoms with Crippen molar-refractivity contribution in [2.24, 2.45) is 10.9 Å². The highest BCUT2D eigenvalue weighted by molar-refractivity contribution is 14.0. The molecule has 1 fully saturated rings. The predicted octanol–water partition coefficient (Wildman–Crippen LogP) is 3.05. The van der Waals surface area contributed by atoms with Crippen LogP contribution in [0.15, 0.2) is 35.3 Å². The van der Waals surface area contributed by atoms with Crippen molar-refractivity contribution in [1.29, 1.82) is 0 Å². The molecule has 0 aromatic heterocycles. The molecule has 0 bridgehead atoms. The Morgan fingerprint density at radius 2 is 1.77 bits per heavy atom. The molecule has 4 nitrogen and oxygen atoms in total. The van der Waals surface area contributed by atoms with E-state index in [0.29, 0.717) is 5.92 Å². The van der Waals surface area contributed by atoms with E-state index in [-0.39, 0.29) is 24.0 Å². The minimum absolute atomic E-state index is 0. The van der Waals surface area contributed by atoms with E-state index in [1.54, 1.807) is 0 Å². The number of hydrogen-bond acceptors (Lipinski definition) is 2. The minimum atomic E-state index is 0. The lowest BCUT2D eigenvalue weighted by molar-refractivity contribution is 0.371. The number of benzene rings is 1. The molecule has 0 saturated carbocycles. The highest BCUT2D eigenvalue weighted by atomic mass is 127. The second kappa shape index (κ2) is 9.92. The normalized spacial score (nSPS) is 15.7. The van der Waals surface area contributed by atoms with Gasteiger partial charge in [0, 0.05) is 45.0 Å². The molecule has 0 unspecified atom stereocenters. The lowest BCUT2D eigenvalue weighted by atomic mass is 10.2. The second-order valence-electron chi connectivity index (χ2n) is 5.90. The van der Waals surface area contributed by atoms with E-state index in [1.807, 2.05) is 0 Å². The molecule has 0 amide bonds. The Balaban J connectivity index is 0.00000242. The van der Waals surface area contributed by atoms with Gasteiger partial charge in [-0.05, 0) is 25.0 Å². The van der Waals surface area contributed by atoms with Crippen LogP contribution < -0.4 is 10.2 Å². The van der Waals surface area contributed by atoms with Crippen molar-refractivity contribution in [1.82, 2.24) is 10.2 Å². The SMILES string of the molecule is CCNC(=NCC(C)C)N1CCN(c2ccccc2)CC1.I. The number of piperazine rings is 1. The molecule has 0 radical (unpaired) electrons. The molecule has 0 spiro atoms. The highest BCUT2D eigenvalue weighted by Crippen LogP contribution is 2.15. The summed E-state index contributed by atoms with van der Waals surface area (Å²) in [5.74, 6) is 1.67. The summed E-state index contributed by atoms with van der Waals surface area (Å²) < 4.78 is 0. The van der Waals surface area contributed by atoms with Crippen molar-refractivity contribution in [2.75, 3.05) is 44.2 Å². The van der Waals surface area contributed by atoms with E-state index in [1.165, 1.54) is 5.69 Å². The Labute approximate surface area is 152 Å². The third-order valence-corrected chi connectivity index (χ3v) is 3.64. The third-order valence-electron chi connectivity index (χ3n) is 3.64. The van der Waals surface area contributed by atoms with Crippen molar-refractivity contribution < 1.29 is 0 Å². The van der Waals surface area contributed by atoms with Crippen LogP contribution in [0.1, 0.15) is 20.8 Å². The zero-order chi connectivity index (χ0) is 15.1. The molecule has 0 atom stereocenters. The number of hydrogen-bond donors (Lipinski definition) is 1. The molecule has 1 saturated heterocycles. The summed E-state index contributed by atoms with van der Waals surface area (Å²) in [5, 5.41) is 3.42. The fourth-order valence-electron chi connectivity index (χ4n) is 2.51. The first-order valence-corrected chi connectivity index (χ1v) is 8.04. The maximum Gasteiger partial charge on any atom is 0.194 e. The number of aliphatic imine (C=N–C) groups is 1. The van der Waals surface area contributed by atoms with Gasteiger partial charge < -0.3 is 15.1 Å². The van der Waals surface area contributed by atoms with Crippen LogP contribution >= 0.6 is 24.0 Å². The summed E-state index contributed by atoms with van der Waals surface area (Å²) in [6.45, 7) is 12.5. The predicted molar refractivity (Wildman–Crippen MR) is 106 cm³/mol. The monoisotopic (exact) mass is 416 g/mol. The molecule has 1 aliphatic rings. The van der Waals surface area contributed by atoms with Crippen molar-refractivity contribution >= 4 is 35.6 Å². The fraction of sp³-hybridized carbons (Fsp3) is 0.588. The molecule has 5 heteroatoms. The number of rotatable bonds is 4. The first-order valence-electron chi connectivity index (χ1n) is 8.04. The lowest BCUT2D eigenvalue weighted by Crippen LogP contribution is -2.52.